The number of aryl methyl sites for hydroxylation is 1. The van der Waals surface area contributed by atoms with Crippen LogP contribution in [0.3, 0.4) is 0 Å². The van der Waals surface area contributed by atoms with Crippen molar-refractivity contribution >= 4 is 16.7 Å². The lowest BCUT2D eigenvalue weighted by molar-refractivity contribution is 0.154. The van der Waals surface area contributed by atoms with Crippen LogP contribution in [0.25, 0.3) is 0 Å². The van der Waals surface area contributed by atoms with Gasteiger partial charge in [-0.15, -0.1) is 0 Å². The molecule has 80 valence electrons. The summed E-state index contributed by atoms with van der Waals surface area (Å²) in [5.41, 5.74) is 0. The standard InChI is InChI=1S/C9H17N3OS/c1-4-8-10-9(14-11-8)12(3)6-7-13-5-2/h4-7H2,1-3H3. The van der Waals surface area contributed by atoms with E-state index >= 15 is 0 Å². The maximum Gasteiger partial charge on any atom is 0.205 e. The maximum atomic E-state index is 5.27. The van der Waals surface area contributed by atoms with E-state index in [-0.39, 0.29) is 0 Å². The van der Waals surface area contributed by atoms with E-state index in [1.54, 1.807) is 0 Å². The summed E-state index contributed by atoms with van der Waals surface area (Å²) in [5.74, 6) is 0.924. The molecule has 1 heterocycles. The van der Waals surface area contributed by atoms with Crippen LogP contribution in [0, 0.1) is 0 Å². The molecule has 0 saturated heterocycles. The molecule has 0 amide bonds. The molecule has 0 unspecified atom stereocenters. The molecule has 0 aromatic carbocycles. The monoisotopic (exact) mass is 215 g/mol. The fourth-order valence-electron chi connectivity index (χ4n) is 0.985. The van der Waals surface area contributed by atoms with E-state index in [0.29, 0.717) is 0 Å². The molecule has 0 saturated carbocycles. The van der Waals surface area contributed by atoms with Crippen LogP contribution in [-0.4, -0.2) is 36.2 Å². The summed E-state index contributed by atoms with van der Waals surface area (Å²) in [4.78, 5) is 6.46. The van der Waals surface area contributed by atoms with Crippen molar-refractivity contribution in [3.05, 3.63) is 5.82 Å². The van der Waals surface area contributed by atoms with Gasteiger partial charge in [0.05, 0.1) is 6.61 Å². The van der Waals surface area contributed by atoms with Gasteiger partial charge in [-0.3, -0.25) is 0 Å². The molecule has 1 aromatic heterocycles. The summed E-state index contributed by atoms with van der Waals surface area (Å²) in [6, 6.07) is 0. The minimum atomic E-state index is 0.744. The molecule has 1 aromatic rings. The average molecular weight is 215 g/mol. The van der Waals surface area contributed by atoms with Crippen molar-refractivity contribution in [2.45, 2.75) is 20.3 Å². The van der Waals surface area contributed by atoms with Crippen molar-refractivity contribution in [3.63, 3.8) is 0 Å². The molecule has 4 nitrogen and oxygen atoms in total. The van der Waals surface area contributed by atoms with Crippen molar-refractivity contribution in [1.29, 1.82) is 0 Å². The molecule has 0 N–H and O–H groups in total. The van der Waals surface area contributed by atoms with Crippen LogP contribution in [0.5, 0.6) is 0 Å². The average Bonchev–Trinajstić information content (AvgIpc) is 2.66. The van der Waals surface area contributed by atoms with Crippen LogP contribution < -0.4 is 4.90 Å². The van der Waals surface area contributed by atoms with Gasteiger partial charge >= 0.3 is 0 Å². The summed E-state index contributed by atoms with van der Waals surface area (Å²) in [5, 5.41) is 0.974. The highest BCUT2D eigenvalue weighted by Crippen LogP contribution is 2.15. The van der Waals surface area contributed by atoms with Crippen LogP contribution in [0.1, 0.15) is 19.7 Å². The molecule has 14 heavy (non-hydrogen) atoms. The first-order valence-electron chi connectivity index (χ1n) is 4.89. The SMILES string of the molecule is CCOCCN(C)c1nc(CC)ns1. The Morgan fingerprint density at radius 3 is 2.79 bits per heavy atom. The predicted molar refractivity (Wildman–Crippen MR) is 59.1 cm³/mol. The van der Waals surface area contributed by atoms with Gasteiger partial charge in [0.2, 0.25) is 5.13 Å². The minimum Gasteiger partial charge on any atom is -0.380 e. The predicted octanol–water partition coefficient (Wildman–Crippen LogP) is 1.57. The Morgan fingerprint density at radius 2 is 2.21 bits per heavy atom. The Morgan fingerprint density at radius 1 is 1.43 bits per heavy atom. The fraction of sp³-hybridized carbons (Fsp3) is 0.778. The molecular formula is C9H17N3OS. The first kappa shape index (κ1) is 11.4. The number of ether oxygens (including phenoxy) is 1. The normalized spacial score (nSPS) is 10.5. The van der Waals surface area contributed by atoms with Crippen LogP contribution in [0.4, 0.5) is 5.13 Å². The summed E-state index contributed by atoms with van der Waals surface area (Å²) in [6.45, 7) is 6.44. The van der Waals surface area contributed by atoms with E-state index in [1.165, 1.54) is 11.5 Å². The van der Waals surface area contributed by atoms with Crippen LogP contribution in [0.2, 0.25) is 0 Å². The Hall–Kier alpha value is -0.680. The molecule has 0 aliphatic heterocycles. The van der Waals surface area contributed by atoms with Crippen molar-refractivity contribution in [2.24, 2.45) is 0 Å². The van der Waals surface area contributed by atoms with Crippen molar-refractivity contribution in [2.75, 3.05) is 31.7 Å². The molecule has 0 atom stereocenters. The number of aromatic nitrogens is 2. The number of rotatable bonds is 6. The second kappa shape index (κ2) is 5.93. The van der Waals surface area contributed by atoms with Gasteiger partial charge in [-0.2, -0.15) is 4.37 Å². The molecule has 0 aliphatic carbocycles. The highest BCUT2D eigenvalue weighted by atomic mass is 32.1. The third-order valence-electron chi connectivity index (χ3n) is 1.88. The zero-order valence-corrected chi connectivity index (χ0v) is 9.80. The lowest BCUT2D eigenvalue weighted by Gasteiger charge is -2.14. The van der Waals surface area contributed by atoms with E-state index in [4.69, 9.17) is 4.74 Å². The molecule has 0 spiro atoms. The Bertz CT molecular complexity index is 264. The van der Waals surface area contributed by atoms with Crippen molar-refractivity contribution < 1.29 is 4.74 Å². The molecule has 0 aliphatic rings. The van der Waals surface area contributed by atoms with Gasteiger partial charge in [0, 0.05) is 38.2 Å². The van der Waals surface area contributed by atoms with Gasteiger partial charge in [0.25, 0.3) is 0 Å². The lowest BCUT2D eigenvalue weighted by atomic mass is 10.5. The highest BCUT2D eigenvalue weighted by molar-refractivity contribution is 7.09. The zero-order chi connectivity index (χ0) is 10.4. The van der Waals surface area contributed by atoms with E-state index in [9.17, 15) is 0 Å². The second-order valence-electron chi connectivity index (χ2n) is 2.97. The summed E-state index contributed by atoms with van der Waals surface area (Å²) in [6.07, 6.45) is 0.899. The Kier molecular flexibility index (Phi) is 4.82. The van der Waals surface area contributed by atoms with Crippen molar-refractivity contribution in [1.82, 2.24) is 9.36 Å². The highest BCUT2D eigenvalue weighted by Gasteiger charge is 2.06. The van der Waals surface area contributed by atoms with Crippen LogP contribution >= 0.6 is 11.5 Å². The van der Waals surface area contributed by atoms with Gasteiger partial charge < -0.3 is 9.64 Å². The third-order valence-corrected chi connectivity index (χ3v) is 2.74. The first-order chi connectivity index (χ1) is 6.77. The van der Waals surface area contributed by atoms with E-state index in [2.05, 4.69) is 21.2 Å². The minimum absolute atomic E-state index is 0.744. The summed E-state index contributed by atoms with van der Waals surface area (Å²) < 4.78 is 9.51. The number of hydrogen-bond donors (Lipinski definition) is 0. The quantitative estimate of drug-likeness (QED) is 0.675. The van der Waals surface area contributed by atoms with Crippen molar-refractivity contribution in [3.8, 4) is 0 Å². The third kappa shape index (κ3) is 3.23. The van der Waals surface area contributed by atoms with Gasteiger partial charge in [-0.25, -0.2) is 4.98 Å². The van der Waals surface area contributed by atoms with Gasteiger partial charge in [0.1, 0.15) is 5.82 Å². The summed E-state index contributed by atoms with van der Waals surface area (Å²) in [7, 11) is 2.01. The molecule has 0 radical (unpaired) electrons. The largest absolute Gasteiger partial charge is 0.380 e. The topological polar surface area (TPSA) is 38.2 Å². The summed E-state index contributed by atoms with van der Waals surface area (Å²) >= 11 is 1.45. The molecular weight excluding hydrogens is 198 g/mol. The number of likely N-dealkylation sites (N-methyl/N-ethyl adjacent to an activating group) is 1. The zero-order valence-electron chi connectivity index (χ0n) is 8.99. The lowest BCUT2D eigenvalue weighted by Crippen LogP contribution is -2.22. The first-order valence-corrected chi connectivity index (χ1v) is 5.66. The number of anilines is 1. The van der Waals surface area contributed by atoms with Gasteiger partial charge in [-0.1, -0.05) is 6.92 Å². The number of hydrogen-bond acceptors (Lipinski definition) is 5. The van der Waals surface area contributed by atoms with Gasteiger partial charge in [0.15, 0.2) is 0 Å². The molecule has 1 rings (SSSR count). The Balaban J connectivity index is 2.39. The molecule has 0 bridgehead atoms. The molecule has 0 fully saturated rings. The number of nitrogens with zero attached hydrogens (tertiary/aromatic N) is 3. The van der Waals surface area contributed by atoms with Gasteiger partial charge in [-0.05, 0) is 6.92 Å². The van der Waals surface area contributed by atoms with Crippen LogP contribution in [-0.2, 0) is 11.2 Å². The maximum absolute atomic E-state index is 5.27. The second-order valence-corrected chi connectivity index (χ2v) is 3.70. The van der Waals surface area contributed by atoms with E-state index < -0.39 is 0 Å². The Labute approximate surface area is 89.1 Å². The van der Waals surface area contributed by atoms with E-state index in [1.807, 2.05) is 14.0 Å². The smallest absolute Gasteiger partial charge is 0.205 e. The van der Waals surface area contributed by atoms with Crippen LogP contribution in [0.15, 0.2) is 0 Å². The fourth-order valence-corrected chi connectivity index (χ4v) is 1.72. The van der Waals surface area contributed by atoms with E-state index in [0.717, 1.165) is 37.1 Å². The molecule has 5 heteroatoms.